The molecule has 0 spiro atoms. The second kappa shape index (κ2) is 7.94. The summed E-state index contributed by atoms with van der Waals surface area (Å²) in [5, 5.41) is 0.883. The summed E-state index contributed by atoms with van der Waals surface area (Å²) in [5.74, 6) is 0.785. The molecule has 1 aromatic carbocycles. The van der Waals surface area contributed by atoms with E-state index in [0.29, 0.717) is 6.61 Å². The van der Waals surface area contributed by atoms with Crippen LogP contribution in [0.3, 0.4) is 0 Å². The van der Waals surface area contributed by atoms with Crippen molar-refractivity contribution >= 4 is 40.6 Å². The van der Waals surface area contributed by atoms with E-state index in [2.05, 4.69) is 20.8 Å². The molecule has 19 heavy (non-hydrogen) atoms. The Morgan fingerprint density at radius 1 is 1.21 bits per heavy atom. The number of benzene rings is 1. The Balaban J connectivity index is 2.61. The van der Waals surface area contributed by atoms with Crippen molar-refractivity contribution < 1.29 is 9.05 Å². The van der Waals surface area contributed by atoms with E-state index in [-0.39, 0.29) is 4.75 Å². The molecular formula is C13H21O2PS3. The largest absolute Gasteiger partial charge is 0.436 e. The minimum atomic E-state index is -2.30. The Morgan fingerprint density at radius 2 is 1.84 bits per heavy atom. The minimum absolute atomic E-state index is 0.228. The first-order valence-electron chi connectivity index (χ1n) is 6.12. The average Bonchev–Trinajstić information content (AvgIpc) is 2.28. The van der Waals surface area contributed by atoms with Gasteiger partial charge in [-0.1, -0.05) is 39.0 Å². The Bertz CT molecular complexity index is 418. The molecule has 1 atom stereocenters. The summed E-state index contributed by atoms with van der Waals surface area (Å²) in [6, 6.07) is 9.67. The molecule has 0 radical (unpaired) electrons. The summed E-state index contributed by atoms with van der Waals surface area (Å²) < 4.78 is 11.8. The standard InChI is InChI=1S/C13H21O2PS3/c1-5-14-16(17,19-11-18-13(2,3)4)15-12-9-7-6-8-10-12/h6-10H,5,11H2,1-4H3. The molecule has 0 saturated carbocycles. The first kappa shape index (κ1) is 17.4. The van der Waals surface area contributed by atoms with Crippen molar-refractivity contribution in [3.05, 3.63) is 30.3 Å². The van der Waals surface area contributed by atoms with Gasteiger partial charge in [-0.05, 0) is 42.2 Å². The third-order valence-corrected chi connectivity index (χ3v) is 8.96. The molecule has 0 N–H and O–H groups in total. The molecule has 0 aromatic heterocycles. The van der Waals surface area contributed by atoms with E-state index in [1.165, 1.54) is 0 Å². The maximum Gasteiger partial charge on any atom is 0.298 e. The zero-order valence-electron chi connectivity index (χ0n) is 11.8. The summed E-state index contributed by atoms with van der Waals surface area (Å²) >= 11 is 9.06. The molecule has 0 saturated heterocycles. The van der Waals surface area contributed by atoms with Crippen LogP contribution in [0.4, 0.5) is 0 Å². The summed E-state index contributed by atoms with van der Waals surface area (Å²) in [6.45, 7) is 9.12. The fraction of sp³-hybridized carbons (Fsp3) is 0.538. The highest BCUT2D eigenvalue weighted by Crippen LogP contribution is 2.61. The molecule has 2 nitrogen and oxygen atoms in total. The quantitative estimate of drug-likeness (QED) is 0.478. The third kappa shape index (κ3) is 7.62. The van der Waals surface area contributed by atoms with Crippen molar-refractivity contribution in [2.24, 2.45) is 0 Å². The summed E-state index contributed by atoms with van der Waals surface area (Å²) in [6.07, 6.45) is 0. The normalized spacial score (nSPS) is 14.9. The van der Waals surface area contributed by atoms with E-state index >= 15 is 0 Å². The van der Waals surface area contributed by atoms with Crippen LogP contribution < -0.4 is 4.52 Å². The Labute approximate surface area is 130 Å². The lowest BCUT2D eigenvalue weighted by Crippen LogP contribution is -2.07. The van der Waals surface area contributed by atoms with Crippen LogP contribution in [-0.4, -0.2) is 16.4 Å². The number of thioether (sulfide) groups is 1. The molecule has 0 aliphatic carbocycles. The first-order valence-corrected chi connectivity index (χ1v) is 11.3. The van der Waals surface area contributed by atoms with Gasteiger partial charge in [0.1, 0.15) is 5.75 Å². The lowest BCUT2D eigenvalue weighted by molar-refractivity contribution is 0.344. The molecule has 0 amide bonds. The Morgan fingerprint density at radius 3 is 2.37 bits per heavy atom. The summed E-state index contributed by atoms with van der Waals surface area (Å²) in [7, 11) is 0. The van der Waals surface area contributed by atoms with Crippen molar-refractivity contribution in [1.82, 2.24) is 0 Å². The maximum atomic E-state index is 5.91. The highest BCUT2D eigenvalue weighted by molar-refractivity contribution is 8.69. The smallest absolute Gasteiger partial charge is 0.298 e. The first-order chi connectivity index (χ1) is 8.85. The topological polar surface area (TPSA) is 18.5 Å². The van der Waals surface area contributed by atoms with Gasteiger partial charge in [-0.25, -0.2) is 0 Å². The van der Waals surface area contributed by atoms with Crippen molar-refractivity contribution in [2.75, 3.05) is 11.7 Å². The fourth-order valence-electron chi connectivity index (χ4n) is 1.13. The van der Waals surface area contributed by atoms with Gasteiger partial charge in [-0.3, -0.25) is 0 Å². The maximum absolute atomic E-state index is 5.91. The van der Waals surface area contributed by atoms with Crippen molar-refractivity contribution in [2.45, 2.75) is 32.4 Å². The van der Waals surface area contributed by atoms with Gasteiger partial charge in [0.2, 0.25) is 0 Å². The third-order valence-electron chi connectivity index (χ3n) is 1.95. The van der Waals surface area contributed by atoms with Crippen LogP contribution in [0, 0.1) is 0 Å². The zero-order valence-corrected chi connectivity index (χ0v) is 15.1. The van der Waals surface area contributed by atoms with Crippen LogP contribution >= 0.6 is 28.8 Å². The second-order valence-electron chi connectivity index (χ2n) is 4.77. The van der Waals surface area contributed by atoms with Gasteiger partial charge in [0.05, 0.1) is 6.61 Å². The van der Waals surface area contributed by atoms with Crippen LogP contribution in [0.5, 0.6) is 5.75 Å². The van der Waals surface area contributed by atoms with E-state index in [4.69, 9.17) is 20.9 Å². The zero-order chi connectivity index (χ0) is 14.4. The number of para-hydroxylation sites is 1. The van der Waals surface area contributed by atoms with Crippen molar-refractivity contribution in [3.8, 4) is 5.75 Å². The van der Waals surface area contributed by atoms with Crippen molar-refractivity contribution in [3.63, 3.8) is 0 Å². The van der Waals surface area contributed by atoms with Crippen LogP contribution in [0.15, 0.2) is 30.3 Å². The van der Waals surface area contributed by atoms with E-state index in [1.807, 2.05) is 49.0 Å². The predicted molar refractivity (Wildman–Crippen MR) is 92.8 cm³/mol. The van der Waals surface area contributed by atoms with Gasteiger partial charge < -0.3 is 9.05 Å². The molecular weight excluding hydrogens is 315 g/mol. The van der Waals surface area contributed by atoms with Gasteiger partial charge in [-0.15, -0.1) is 11.8 Å². The Hall–Kier alpha value is 0.330. The molecule has 108 valence electrons. The summed E-state index contributed by atoms with van der Waals surface area (Å²) in [4.78, 5) is 0. The predicted octanol–water partition coefficient (Wildman–Crippen LogP) is 5.55. The van der Waals surface area contributed by atoms with E-state index < -0.39 is 5.69 Å². The molecule has 1 unspecified atom stereocenters. The van der Waals surface area contributed by atoms with Crippen molar-refractivity contribution in [1.29, 1.82) is 0 Å². The SMILES string of the molecule is CCOP(=S)(Oc1ccccc1)SCSC(C)(C)C. The minimum Gasteiger partial charge on any atom is -0.436 e. The molecule has 0 bridgehead atoms. The number of hydrogen-bond donors (Lipinski definition) is 0. The lowest BCUT2D eigenvalue weighted by atomic mass is 10.3. The monoisotopic (exact) mass is 336 g/mol. The van der Waals surface area contributed by atoms with Gasteiger partial charge >= 0.3 is 0 Å². The molecule has 6 heteroatoms. The van der Waals surface area contributed by atoms with E-state index in [0.717, 1.165) is 10.8 Å². The average molecular weight is 336 g/mol. The van der Waals surface area contributed by atoms with Gasteiger partial charge in [0, 0.05) is 9.83 Å². The van der Waals surface area contributed by atoms with Crippen LogP contribution in [0.2, 0.25) is 0 Å². The molecule has 0 aliphatic heterocycles. The number of rotatable bonds is 7. The molecule has 0 fully saturated rings. The molecule has 1 aromatic rings. The van der Waals surface area contributed by atoms with E-state index in [1.54, 1.807) is 11.4 Å². The van der Waals surface area contributed by atoms with Gasteiger partial charge in [-0.2, -0.15) is 0 Å². The van der Waals surface area contributed by atoms with E-state index in [9.17, 15) is 0 Å². The van der Waals surface area contributed by atoms with Gasteiger partial charge in [0.25, 0.3) is 5.69 Å². The van der Waals surface area contributed by atoms with Crippen LogP contribution in [-0.2, 0) is 16.3 Å². The molecule has 0 heterocycles. The molecule has 0 aliphatic rings. The molecule has 1 rings (SSSR count). The van der Waals surface area contributed by atoms with Gasteiger partial charge in [0.15, 0.2) is 0 Å². The second-order valence-corrected chi connectivity index (χ2v) is 13.2. The highest BCUT2D eigenvalue weighted by atomic mass is 32.9. The Kier molecular flexibility index (Phi) is 7.26. The fourth-order valence-corrected chi connectivity index (χ4v) is 8.47. The lowest BCUT2D eigenvalue weighted by Gasteiger charge is -2.23. The summed E-state index contributed by atoms with van der Waals surface area (Å²) in [5.41, 5.74) is -2.30. The van der Waals surface area contributed by atoms with Crippen LogP contribution in [0.25, 0.3) is 0 Å². The number of hydrogen-bond acceptors (Lipinski definition) is 5. The highest BCUT2D eigenvalue weighted by Gasteiger charge is 2.22. The van der Waals surface area contributed by atoms with Crippen LogP contribution in [0.1, 0.15) is 27.7 Å².